The van der Waals surface area contributed by atoms with Gasteiger partial charge in [-0.2, -0.15) is 0 Å². The van der Waals surface area contributed by atoms with Crippen molar-refractivity contribution in [2.75, 3.05) is 33.7 Å². The van der Waals surface area contributed by atoms with Crippen LogP contribution in [0.5, 0.6) is 0 Å². The average Bonchev–Trinajstić information content (AvgIpc) is 2.26. The molecule has 2 N–H and O–H groups in total. The molecule has 1 aliphatic heterocycles. The molecule has 0 saturated carbocycles. The Morgan fingerprint density at radius 2 is 2.00 bits per heavy atom. The number of rotatable bonds is 4. The summed E-state index contributed by atoms with van der Waals surface area (Å²) in [5, 5.41) is 0. The fourth-order valence-electron chi connectivity index (χ4n) is 2.82. The summed E-state index contributed by atoms with van der Waals surface area (Å²) < 4.78 is 0. The van der Waals surface area contributed by atoms with Crippen molar-refractivity contribution in [2.45, 2.75) is 45.2 Å². The second kappa shape index (κ2) is 5.48. The Kier molecular flexibility index (Phi) is 4.77. The molecule has 0 aromatic heterocycles. The summed E-state index contributed by atoms with van der Waals surface area (Å²) in [5.74, 6) is 0.681. The molecule has 0 aliphatic carbocycles. The van der Waals surface area contributed by atoms with E-state index in [9.17, 15) is 0 Å². The highest BCUT2D eigenvalue weighted by Crippen LogP contribution is 2.28. The molecule has 1 saturated heterocycles. The first-order valence-electron chi connectivity index (χ1n) is 6.54. The maximum absolute atomic E-state index is 6.07. The molecule has 1 fully saturated rings. The highest BCUT2D eigenvalue weighted by molar-refractivity contribution is 4.97. The largest absolute Gasteiger partial charge is 0.329 e. The number of hydrogen-bond acceptors (Lipinski definition) is 3. The summed E-state index contributed by atoms with van der Waals surface area (Å²) in [6.07, 6.45) is 2.50. The molecular weight excluding hydrogens is 198 g/mol. The lowest BCUT2D eigenvalue weighted by Crippen LogP contribution is -2.63. The summed E-state index contributed by atoms with van der Waals surface area (Å²) in [7, 11) is 4.45. The van der Waals surface area contributed by atoms with Crippen molar-refractivity contribution in [1.29, 1.82) is 0 Å². The Labute approximate surface area is 101 Å². The summed E-state index contributed by atoms with van der Waals surface area (Å²) in [6, 6.07) is 0.593. The van der Waals surface area contributed by atoms with E-state index in [1.165, 1.54) is 19.4 Å². The van der Waals surface area contributed by atoms with E-state index >= 15 is 0 Å². The Hall–Kier alpha value is -0.120. The first-order valence-corrected chi connectivity index (χ1v) is 6.54. The average molecular weight is 227 g/mol. The molecule has 1 heterocycles. The zero-order valence-electron chi connectivity index (χ0n) is 11.7. The highest BCUT2D eigenvalue weighted by Gasteiger charge is 2.39. The van der Waals surface area contributed by atoms with Crippen LogP contribution in [0, 0.1) is 5.92 Å². The molecule has 3 nitrogen and oxygen atoms in total. The Balaban J connectivity index is 2.78. The van der Waals surface area contributed by atoms with Crippen LogP contribution in [0.4, 0.5) is 0 Å². The van der Waals surface area contributed by atoms with Crippen LogP contribution in [0.15, 0.2) is 0 Å². The van der Waals surface area contributed by atoms with Crippen molar-refractivity contribution in [3.05, 3.63) is 0 Å². The van der Waals surface area contributed by atoms with Crippen LogP contribution in [0.25, 0.3) is 0 Å². The van der Waals surface area contributed by atoms with Crippen LogP contribution in [0.2, 0.25) is 0 Å². The van der Waals surface area contributed by atoms with Crippen molar-refractivity contribution >= 4 is 0 Å². The molecule has 2 unspecified atom stereocenters. The predicted molar refractivity (Wildman–Crippen MR) is 70.6 cm³/mol. The Morgan fingerprint density at radius 1 is 1.38 bits per heavy atom. The predicted octanol–water partition coefficient (Wildman–Crippen LogP) is 1.39. The third-order valence-electron chi connectivity index (χ3n) is 4.45. The van der Waals surface area contributed by atoms with Gasteiger partial charge in [0.1, 0.15) is 0 Å². The van der Waals surface area contributed by atoms with Gasteiger partial charge in [0.15, 0.2) is 0 Å². The van der Waals surface area contributed by atoms with E-state index in [1.54, 1.807) is 0 Å². The molecular formula is C13H29N3. The van der Waals surface area contributed by atoms with Crippen LogP contribution < -0.4 is 5.73 Å². The van der Waals surface area contributed by atoms with Crippen molar-refractivity contribution < 1.29 is 0 Å². The standard InChI is InChI=1S/C13H29N3/c1-11(2)12(3)16(5)13(9-14)7-6-8-15(4)10-13/h11-12H,6-10,14H2,1-5H3. The minimum atomic E-state index is 0.191. The van der Waals surface area contributed by atoms with Crippen molar-refractivity contribution in [2.24, 2.45) is 11.7 Å². The van der Waals surface area contributed by atoms with Gasteiger partial charge in [0, 0.05) is 24.7 Å². The first-order chi connectivity index (χ1) is 7.43. The number of likely N-dealkylation sites (tertiary alicyclic amines) is 1. The number of nitrogens with zero attached hydrogens (tertiary/aromatic N) is 2. The van der Waals surface area contributed by atoms with E-state index in [-0.39, 0.29) is 5.54 Å². The molecule has 3 heteroatoms. The van der Waals surface area contributed by atoms with E-state index in [0.717, 1.165) is 13.1 Å². The fraction of sp³-hybridized carbons (Fsp3) is 1.00. The van der Waals surface area contributed by atoms with Gasteiger partial charge in [0.05, 0.1) is 0 Å². The molecule has 0 bridgehead atoms. The van der Waals surface area contributed by atoms with Crippen molar-refractivity contribution in [3.8, 4) is 0 Å². The highest BCUT2D eigenvalue weighted by atomic mass is 15.3. The second-order valence-corrected chi connectivity index (χ2v) is 5.87. The SMILES string of the molecule is CC(C)C(C)N(C)C1(CN)CCCN(C)C1. The molecule has 16 heavy (non-hydrogen) atoms. The molecule has 96 valence electrons. The van der Waals surface area contributed by atoms with E-state index in [0.29, 0.717) is 12.0 Å². The number of hydrogen-bond donors (Lipinski definition) is 1. The number of piperidine rings is 1. The third-order valence-corrected chi connectivity index (χ3v) is 4.45. The molecule has 0 aromatic rings. The zero-order valence-corrected chi connectivity index (χ0v) is 11.7. The lowest BCUT2D eigenvalue weighted by molar-refractivity contribution is 0.00746. The Bertz CT molecular complexity index is 217. The van der Waals surface area contributed by atoms with Crippen molar-refractivity contribution in [3.63, 3.8) is 0 Å². The van der Waals surface area contributed by atoms with Gasteiger partial charge in [-0.1, -0.05) is 13.8 Å². The molecule has 1 rings (SSSR count). The van der Waals surface area contributed by atoms with Crippen molar-refractivity contribution in [1.82, 2.24) is 9.80 Å². The molecule has 0 amide bonds. The van der Waals surface area contributed by atoms with Gasteiger partial charge < -0.3 is 10.6 Å². The lowest BCUT2D eigenvalue weighted by atomic mass is 9.85. The van der Waals surface area contributed by atoms with Crippen LogP contribution in [0.3, 0.4) is 0 Å². The molecule has 0 radical (unpaired) electrons. The summed E-state index contributed by atoms with van der Waals surface area (Å²) in [5.41, 5.74) is 6.26. The summed E-state index contributed by atoms with van der Waals surface area (Å²) in [6.45, 7) is 9.99. The zero-order chi connectivity index (χ0) is 12.3. The van der Waals surface area contributed by atoms with Gasteiger partial charge in [0.2, 0.25) is 0 Å². The van der Waals surface area contributed by atoms with E-state index in [1.807, 2.05) is 0 Å². The maximum atomic E-state index is 6.07. The fourth-order valence-corrected chi connectivity index (χ4v) is 2.82. The Morgan fingerprint density at radius 3 is 2.44 bits per heavy atom. The van der Waals surface area contributed by atoms with Gasteiger partial charge in [-0.15, -0.1) is 0 Å². The molecule has 2 atom stereocenters. The molecule has 1 aliphatic rings. The minimum Gasteiger partial charge on any atom is -0.329 e. The molecule has 0 aromatic carbocycles. The summed E-state index contributed by atoms with van der Waals surface area (Å²) in [4.78, 5) is 4.94. The van der Waals surface area contributed by atoms with E-state index in [4.69, 9.17) is 5.73 Å². The van der Waals surface area contributed by atoms with Crippen LogP contribution in [0.1, 0.15) is 33.6 Å². The van der Waals surface area contributed by atoms with Gasteiger partial charge in [-0.25, -0.2) is 0 Å². The first kappa shape index (κ1) is 13.9. The van der Waals surface area contributed by atoms with Gasteiger partial charge in [-0.05, 0) is 46.3 Å². The molecule has 0 spiro atoms. The normalized spacial score (nSPS) is 30.0. The monoisotopic (exact) mass is 227 g/mol. The van der Waals surface area contributed by atoms with Gasteiger partial charge >= 0.3 is 0 Å². The lowest BCUT2D eigenvalue weighted by Gasteiger charge is -2.50. The topological polar surface area (TPSA) is 32.5 Å². The van der Waals surface area contributed by atoms with Gasteiger partial charge in [0.25, 0.3) is 0 Å². The quantitative estimate of drug-likeness (QED) is 0.788. The van der Waals surface area contributed by atoms with E-state index < -0.39 is 0 Å². The maximum Gasteiger partial charge on any atom is 0.0458 e. The second-order valence-electron chi connectivity index (χ2n) is 5.87. The van der Waals surface area contributed by atoms with Gasteiger partial charge in [-0.3, -0.25) is 4.90 Å². The van der Waals surface area contributed by atoms with Crippen LogP contribution >= 0.6 is 0 Å². The van der Waals surface area contributed by atoms with E-state index in [2.05, 4.69) is 44.7 Å². The third kappa shape index (κ3) is 2.76. The minimum absolute atomic E-state index is 0.191. The number of nitrogens with two attached hydrogens (primary N) is 1. The van der Waals surface area contributed by atoms with Crippen LogP contribution in [-0.4, -0.2) is 55.1 Å². The smallest absolute Gasteiger partial charge is 0.0458 e. The van der Waals surface area contributed by atoms with Crippen LogP contribution in [-0.2, 0) is 0 Å². The number of likely N-dealkylation sites (N-methyl/N-ethyl adjacent to an activating group) is 2. The summed E-state index contributed by atoms with van der Waals surface area (Å²) >= 11 is 0.